The molecule has 5 heterocycles. The summed E-state index contributed by atoms with van der Waals surface area (Å²) >= 11 is 0. The van der Waals surface area contributed by atoms with Crippen LogP contribution in [0.1, 0.15) is 32.7 Å². The number of ether oxygens (including phenoxy) is 3. The first-order valence-electron chi connectivity index (χ1n) is 12.3. The lowest BCUT2D eigenvalue weighted by molar-refractivity contribution is -0.687. The van der Waals surface area contributed by atoms with Crippen molar-refractivity contribution in [2.24, 2.45) is 17.4 Å². The van der Waals surface area contributed by atoms with Crippen LogP contribution in [-0.4, -0.2) is 60.5 Å². The van der Waals surface area contributed by atoms with Gasteiger partial charge in [-0.3, -0.25) is 9.59 Å². The van der Waals surface area contributed by atoms with Gasteiger partial charge in [0.05, 0.1) is 19.3 Å². The Bertz CT molecular complexity index is 1220. The second kappa shape index (κ2) is 8.31. The highest BCUT2D eigenvalue weighted by Gasteiger charge is 2.60. The minimum absolute atomic E-state index is 0.177. The number of aromatic nitrogens is 2. The average molecular weight is 496 g/mol. The topological polar surface area (TPSA) is 137 Å². The molecule has 0 aromatic carbocycles. The largest absolute Gasteiger partial charge is 0.491 e. The molecule has 3 fully saturated rings. The van der Waals surface area contributed by atoms with Crippen molar-refractivity contribution in [3.63, 3.8) is 0 Å². The number of amides is 2. The van der Waals surface area contributed by atoms with Crippen molar-refractivity contribution in [1.82, 2.24) is 4.98 Å². The molecule has 0 spiro atoms. The van der Waals surface area contributed by atoms with E-state index in [0.717, 1.165) is 24.3 Å². The third-order valence-electron chi connectivity index (χ3n) is 7.35. The van der Waals surface area contributed by atoms with E-state index in [1.54, 1.807) is 12.3 Å². The fourth-order valence-corrected chi connectivity index (χ4v) is 5.71. The van der Waals surface area contributed by atoms with Crippen LogP contribution in [0.4, 0.5) is 17.3 Å². The molecular weight excluding hydrogens is 464 g/mol. The number of fused-ring (bicyclic) bond motifs is 4. The summed E-state index contributed by atoms with van der Waals surface area (Å²) in [4.78, 5) is 33.8. The standard InChI is InChI=1S/C25H30N6O5/c1-25(2)35-13-16(36-25)12-34-15-7-8-28-19(10-15)31-18-11-30(21(23(27)33)20(18)22(26)32)17-4-3-9-29(24(17)31)14-5-6-14/h3-4,7-10,14,16,18,20-21H,5-6,11-13H2,1-2H3,(H3-,26,27,32,33)/p+1/t16-,18+,20?,21?/m0/s1. The van der Waals surface area contributed by atoms with Gasteiger partial charge in [-0.2, -0.15) is 0 Å². The molecule has 11 heteroatoms. The minimum Gasteiger partial charge on any atom is -0.491 e. The number of anilines is 3. The van der Waals surface area contributed by atoms with E-state index in [1.807, 2.05) is 48.0 Å². The van der Waals surface area contributed by atoms with E-state index in [0.29, 0.717) is 37.4 Å². The van der Waals surface area contributed by atoms with Crippen LogP contribution in [0.25, 0.3) is 0 Å². The highest BCUT2D eigenvalue weighted by molar-refractivity contribution is 5.96. The van der Waals surface area contributed by atoms with Crippen molar-refractivity contribution in [2.45, 2.75) is 56.7 Å². The van der Waals surface area contributed by atoms with E-state index in [2.05, 4.69) is 9.55 Å². The summed E-state index contributed by atoms with van der Waals surface area (Å²) in [7, 11) is 0. The normalized spacial score (nSPS) is 28.2. The van der Waals surface area contributed by atoms with Gasteiger partial charge >= 0.3 is 5.82 Å². The molecule has 4 aliphatic rings. The zero-order valence-electron chi connectivity index (χ0n) is 20.4. The average Bonchev–Trinajstić information content (AvgIpc) is 3.54. The molecule has 2 bridgehead atoms. The summed E-state index contributed by atoms with van der Waals surface area (Å²) in [5.41, 5.74) is 12.5. The van der Waals surface area contributed by atoms with E-state index in [-0.39, 0.29) is 6.10 Å². The van der Waals surface area contributed by atoms with E-state index in [9.17, 15) is 9.59 Å². The van der Waals surface area contributed by atoms with Crippen molar-refractivity contribution in [2.75, 3.05) is 29.6 Å². The molecule has 36 heavy (non-hydrogen) atoms. The zero-order valence-corrected chi connectivity index (χ0v) is 20.4. The molecular formula is C25H31N6O5+. The van der Waals surface area contributed by atoms with Gasteiger partial charge in [-0.15, -0.1) is 0 Å². The molecule has 2 unspecified atom stereocenters. The number of primary amides is 2. The molecule has 1 saturated carbocycles. The maximum atomic E-state index is 12.7. The van der Waals surface area contributed by atoms with Crippen LogP contribution in [-0.2, 0) is 19.1 Å². The highest BCUT2D eigenvalue weighted by atomic mass is 16.7. The molecule has 190 valence electrons. The Morgan fingerprint density at radius 2 is 2.06 bits per heavy atom. The number of carbonyl (C=O) groups excluding carboxylic acids is 2. The molecule has 0 radical (unpaired) electrons. The summed E-state index contributed by atoms with van der Waals surface area (Å²) < 4.78 is 19.7. The second-order valence-corrected chi connectivity index (χ2v) is 10.3. The van der Waals surface area contributed by atoms with Gasteiger partial charge in [0.25, 0.3) is 0 Å². The van der Waals surface area contributed by atoms with E-state index < -0.39 is 35.6 Å². The van der Waals surface area contributed by atoms with Crippen LogP contribution in [0.3, 0.4) is 0 Å². The van der Waals surface area contributed by atoms with Crippen molar-refractivity contribution in [3.05, 3.63) is 36.7 Å². The fraction of sp³-hybridized carbons (Fsp3) is 0.520. The Morgan fingerprint density at radius 3 is 2.72 bits per heavy atom. The van der Waals surface area contributed by atoms with Crippen molar-refractivity contribution in [1.29, 1.82) is 0 Å². The van der Waals surface area contributed by atoms with Crippen LogP contribution < -0.4 is 30.6 Å². The van der Waals surface area contributed by atoms with Crippen LogP contribution in [0.5, 0.6) is 5.75 Å². The molecule has 6 rings (SSSR count). The maximum Gasteiger partial charge on any atom is 0.307 e. The predicted molar refractivity (Wildman–Crippen MR) is 128 cm³/mol. The molecule has 2 amide bonds. The summed E-state index contributed by atoms with van der Waals surface area (Å²) in [6.07, 6.45) is 5.66. The summed E-state index contributed by atoms with van der Waals surface area (Å²) in [6, 6.07) is 6.67. The fourth-order valence-electron chi connectivity index (χ4n) is 5.71. The number of carbonyl (C=O) groups is 2. The first kappa shape index (κ1) is 23.0. The number of rotatable bonds is 7. The van der Waals surface area contributed by atoms with Crippen LogP contribution in [0.2, 0.25) is 0 Å². The number of hydrogen-bond donors (Lipinski definition) is 2. The third-order valence-corrected chi connectivity index (χ3v) is 7.35. The van der Waals surface area contributed by atoms with Crippen LogP contribution >= 0.6 is 0 Å². The lowest BCUT2D eigenvalue weighted by Crippen LogP contribution is -2.51. The van der Waals surface area contributed by atoms with E-state index >= 15 is 0 Å². The van der Waals surface area contributed by atoms with Gasteiger partial charge in [0.1, 0.15) is 48.2 Å². The Morgan fingerprint density at radius 1 is 1.25 bits per heavy atom. The number of nitrogens with two attached hydrogens (primary N) is 2. The van der Waals surface area contributed by atoms with E-state index in [1.165, 1.54) is 0 Å². The van der Waals surface area contributed by atoms with Crippen LogP contribution in [0, 0.1) is 5.92 Å². The van der Waals surface area contributed by atoms with Crippen LogP contribution in [0.15, 0.2) is 36.7 Å². The monoisotopic (exact) mass is 495 g/mol. The van der Waals surface area contributed by atoms with Crippen molar-refractivity contribution in [3.8, 4) is 5.75 Å². The molecule has 11 nitrogen and oxygen atoms in total. The second-order valence-electron chi connectivity index (χ2n) is 10.3. The van der Waals surface area contributed by atoms with E-state index in [4.69, 9.17) is 25.7 Å². The Labute approximate surface area is 208 Å². The molecule has 4 N–H and O–H groups in total. The number of pyridine rings is 2. The Balaban J connectivity index is 1.39. The number of nitrogens with zero attached hydrogens (tertiary/aromatic N) is 4. The lowest BCUT2D eigenvalue weighted by Gasteiger charge is -2.33. The smallest absolute Gasteiger partial charge is 0.307 e. The van der Waals surface area contributed by atoms with Gasteiger partial charge in [0.2, 0.25) is 17.6 Å². The maximum absolute atomic E-state index is 12.7. The quantitative estimate of drug-likeness (QED) is 0.531. The van der Waals surface area contributed by atoms with Gasteiger partial charge in [-0.1, -0.05) is 0 Å². The molecule has 4 atom stereocenters. The zero-order chi connectivity index (χ0) is 25.2. The highest BCUT2D eigenvalue weighted by Crippen LogP contribution is 2.48. The van der Waals surface area contributed by atoms with Gasteiger partial charge in [0.15, 0.2) is 5.79 Å². The molecule has 2 aromatic rings. The summed E-state index contributed by atoms with van der Waals surface area (Å²) in [5, 5.41) is 0. The molecule has 2 saturated heterocycles. The molecule has 3 aliphatic heterocycles. The van der Waals surface area contributed by atoms with Crippen molar-refractivity contribution < 1.29 is 28.4 Å². The lowest BCUT2D eigenvalue weighted by atomic mass is 9.94. The minimum atomic E-state index is -0.825. The third kappa shape index (κ3) is 3.82. The first-order chi connectivity index (χ1) is 17.2. The molecule has 2 aromatic heterocycles. The van der Waals surface area contributed by atoms with Gasteiger partial charge < -0.3 is 30.6 Å². The Kier molecular flexibility index (Phi) is 5.31. The van der Waals surface area contributed by atoms with Gasteiger partial charge in [-0.25, -0.2) is 14.5 Å². The number of hydrogen-bond acceptors (Lipinski definition) is 8. The SMILES string of the molecule is CC1(C)OC[C@H](COc2ccnc(N3c4c(ccc[n+]4C4CC4)N4C[C@@H]3C(C(N)=O)C4C(N)=O)c2)O1. The predicted octanol–water partition coefficient (Wildman–Crippen LogP) is 0.530. The van der Waals surface area contributed by atoms with Gasteiger partial charge in [0, 0.05) is 12.3 Å². The van der Waals surface area contributed by atoms with Gasteiger partial charge in [-0.05, 0) is 44.9 Å². The molecule has 1 aliphatic carbocycles. The summed E-state index contributed by atoms with van der Waals surface area (Å²) in [6.45, 7) is 4.96. The summed E-state index contributed by atoms with van der Waals surface area (Å²) in [5.74, 6) is -0.436. The van der Waals surface area contributed by atoms with Crippen molar-refractivity contribution >= 4 is 29.1 Å². The first-order valence-corrected chi connectivity index (χ1v) is 12.3. The Hall–Kier alpha value is -3.44.